The Morgan fingerprint density at radius 3 is 2.56 bits per heavy atom. The summed E-state index contributed by atoms with van der Waals surface area (Å²) >= 11 is 1.22. The van der Waals surface area contributed by atoms with E-state index in [1.165, 1.54) is 35.6 Å². The lowest BCUT2D eigenvalue weighted by Crippen LogP contribution is -2.14. The Bertz CT molecular complexity index is 1120. The number of benzene rings is 2. The maximum atomic E-state index is 12.2. The highest BCUT2D eigenvalue weighted by molar-refractivity contribution is 7.91. The molecule has 1 heterocycles. The van der Waals surface area contributed by atoms with Crippen molar-refractivity contribution < 1.29 is 18.1 Å². The number of nitro groups is 1. The molecule has 0 fully saturated rings. The van der Waals surface area contributed by atoms with Gasteiger partial charge in [-0.2, -0.15) is 0 Å². The van der Waals surface area contributed by atoms with Crippen LogP contribution in [0, 0.1) is 10.1 Å². The molecule has 0 radical (unpaired) electrons. The van der Waals surface area contributed by atoms with Crippen LogP contribution in [0.4, 0.5) is 10.8 Å². The summed E-state index contributed by atoms with van der Waals surface area (Å²) in [6.07, 6.45) is 0.0581. The molecule has 0 unspecified atom stereocenters. The minimum atomic E-state index is -3.27. The number of rotatable bonds is 6. The number of nitrogens with one attached hydrogen (secondary N) is 1. The molecule has 2 aromatic carbocycles. The van der Waals surface area contributed by atoms with E-state index in [-0.39, 0.29) is 28.7 Å². The predicted molar refractivity (Wildman–Crippen MR) is 103 cm³/mol. The van der Waals surface area contributed by atoms with E-state index in [1.54, 1.807) is 25.1 Å². The Labute approximate surface area is 158 Å². The van der Waals surface area contributed by atoms with Crippen molar-refractivity contribution in [3.05, 3.63) is 58.1 Å². The van der Waals surface area contributed by atoms with Gasteiger partial charge in [-0.1, -0.05) is 30.4 Å². The second-order valence-corrected chi connectivity index (χ2v) is 9.01. The maximum absolute atomic E-state index is 12.2. The molecule has 0 bridgehead atoms. The molecule has 1 amide bonds. The topological polar surface area (TPSA) is 119 Å². The van der Waals surface area contributed by atoms with Gasteiger partial charge in [0, 0.05) is 12.1 Å². The third-order valence-electron chi connectivity index (χ3n) is 3.86. The number of aromatic nitrogens is 1. The molecule has 140 valence electrons. The highest BCUT2D eigenvalue weighted by Gasteiger charge is 2.14. The number of thiazole rings is 1. The lowest BCUT2D eigenvalue weighted by molar-refractivity contribution is -0.384. The Kier molecular flexibility index (Phi) is 5.19. The summed E-state index contributed by atoms with van der Waals surface area (Å²) in [5, 5.41) is 13.8. The van der Waals surface area contributed by atoms with Crippen LogP contribution in [0.25, 0.3) is 10.2 Å². The largest absolute Gasteiger partial charge is 0.302 e. The van der Waals surface area contributed by atoms with Crippen LogP contribution in [0.2, 0.25) is 0 Å². The molecule has 27 heavy (non-hydrogen) atoms. The molecule has 10 heteroatoms. The fourth-order valence-corrected chi connectivity index (χ4v) is 4.16. The van der Waals surface area contributed by atoms with Gasteiger partial charge in [-0.05, 0) is 23.8 Å². The first-order valence-electron chi connectivity index (χ1n) is 7.95. The number of nitro benzene ring substituents is 1. The van der Waals surface area contributed by atoms with Crippen LogP contribution < -0.4 is 5.32 Å². The van der Waals surface area contributed by atoms with Crippen molar-refractivity contribution in [2.24, 2.45) is 0 Å². The average molecular weight is 405 g/mol. The number of carbonyl (C=O) groups is 1. The molecule has 0 aliphatic carbocycles. The first kappa shape index (κ1) is 18.9. The molecule has 0 aliphatic rings. The Morgan fingerprint density at radius 2 is 1.93 bits per heavy atom. The van der Waals surface area contributed by atoms with Crippen molar-refractivity contribution in [1.82, 2.24) is 4.98 Å². The molecule has 8 nitrogen and oxygen atoms in total. The van der Waals surface area contributed by atoms with Crippen LogP contribution in [0.3, 0.4) is 0 Å². The van der Waals surface area contributed by atoms with E-state index >= 15 is 0 Å². The van der Waals surface area contributed by atoms with Gasteiger partial charge in [0.15, 0.2) is 15.0 Å². The standard InChI is InChI=1S/C17H15N3O5S2/c1-2-27(24,25)13-6-3-11(4-7-13)9-16(21)19-17-18-14-10-12(20(22)23)5-8-15(14)26-17/h3-8,10H,2,9H2,1H3,(H,18,19,21). The van der Waals surface area contributed by atoms with Crippen LogP contribution in [0.5, 0.6) is 0 Å². The summed E-state index contributed by atoms with van der Waals surface area (Å²) in [6.45, 7) is 1.57. The maximum Gasteiger partial charge on any atom is 0.271 e. The van der Waals surface area contributed by atoms with E-state index in [1.807, 2.05) is 0 Å². The van der Waals surface area contributed by atoms with Gasteiger partial charge < -0.3 is 5.32 Å². The van der Waals surface area contributed by atoms with Crippen LogP contribution in [0.1, 0.15) is 12.5 Å². The lowest BCUT2D eigenvalue weighted by atomic mass is 10.1. The molecule has 0 saturated heterocycles. The minimum absolute atomic E-state index is 0.0165. The van der Waals surface area contributed by atoms with Crippen LogP contribution in [-0.2, 0) is 21.1 Å². The number of nitrogens with zero attached hydrogens (tertiary/aromatic N) is 2. The van der Waals surface area contributed by atoms with Crippen molar-refractivity contribution >= 4 is 48.1 Å². The summed E-state index contributed by atoms with van der Waals surface area (Å²) in [5.41, 5.74) is 1.05. The first-order chi connectivity index (χ1) is 12.8. The Hall–Kier alpha value is -2.85. The van der Waals surface area contributed by atoms with Gasteiger partial charge >= 0.3 is 0 Å². The van der Waals surface area contributed by atoms with E-state index in [2.05, 4.69) is 10.3 Å². The molecule has 0 saturated carbocycles. The molecule has 3 aromatic rings. The van der Waals surface area contributed by atoms with Gasteiger partial charge in [-0.15, -0.1) is 0 Å². The fourth-order valence-electron chi connectivity index (χ4n) is 2.41. The molecule has 0 spiro atoms. The third kappa shape index (κ3) is 4.29. The van der Waals surface area contributed by atoms with Crippen LogP contribution in [-0.4, -0.2) is 30.0 Å². The zero-order chi connectivity index (χ0) is 19.6. The van der Waals surface area contributed by atoms with Gasteiger partial charge in [-0.3, -0.25) is 14.9 Å². The molecule has 0 aliphatic heterocycles. The Morgan fingerprint density at radius 1 is 1.22 bits per heavy atom. The molecule has 1 N–H and O–H groups in total. The first-order valence-corrected chi connectivity index (χ1v) is 10.4. The second kappa shape index (κ2) is 7.41. The molecule has 1 aromatic heterocycles. The smallest absolute Gasteiger partial charge is 0.271 e. The summed E-state index contributed by atoms with van der Waals surface area (Å²) in [7, 11) is -3.27. The Balaban J connectivity index is 1.70. The van der Waals surface area contributed by atoms with Crippen LogP contribution in [0.15, 0.2) is 47.4 Å². The van der Waals surface area contributed by atoms with Gasteiger partial charge in [0.25, 0.3) is 5.69 Å². The summed E-state index contributed by atoms with van der Waals surface area (Å²) in [4.78, 5) is 26.9. The van der Waals surface area contributed by atoms with Gasteiger partial charge in [0.1, 0.15) is 0 Å². The van der Waals surface area contributed by atoms with Crippen molar-refractivity contribution in [1.29, 1.82) is 0 Å². The van der Waals surface area contributed by atoms with E-state index < -0.39 is 14.8 Å². The van der Waals surface area contributed by atoms with Crippen LogP contribution >= 0.6 is 11.3 Å². The lowest BCUT2D eigenvalue weighted by Gasteiger charge is -2.04. The number of hydrogen-bond acceptors (Lipinski definition) is 7. The normalized spacial score (nSPS) is 11.4. The van der Waals surface area contributed by atoms with Crippen molar-refractivity contribution in [2.45, 2.75) is 18.2 Å². The number of amides is 1. The SMILES string of the molecule is CCS(=O)(=O)c1ccc(CC(=O)Nc2nc3cc([N+](=O)[O-])ccc3s2)cc1. The predicted octanol–water partition coefficient (Wildman–Crippen LogP) is 3.18. The number of anilines is 1. The second-order valence-electron chi connectivity index (χ2n) is 5.70. The molecule has 0 atom stereocenters. The fraction of sp³-hybridized carbons (Fsp3) is 0.176. The monoisotopic (exact) mass is 405 g/mol. The zero-order valence-electron chi connectivity index (χ0n) is 14.2. The number of fused-ring (bicyclic) bond motifs is 1. The van der Waals surface area contributed by atoms with Gasteiger partial charge in [0.2, 0.25) is 5.91 Å². The van der Waals surface area contributed by atoms with Crippen molar-refractivity contribution in [3.63, 3.8) is 0 Å². The quantitative estimate of drug-likeness (QED) is 0.497. The van der Waals surface area contributed by atoms with E-state index in [0.717, 1.165) is 4.70 Å². The van der Waals surface area contributed by atoms with E-state index in [9.17, 15) is 23.3 Å². The average Bonchev–Trinajstić information content (AvgIpc) is 3.03. The summed E-state index contributed by atoms with van der Waals surface area (Å²) < 4.78 is 24.3. The van der Waals surface area contributed by atoms with Gasteiger partial charge in [0.05, 0.1) is 32.2 Å². The third-order valence-corrected chi connectivity index (χ3v) is 6.56. The van der Waals surface area contributed by atoms with Crippen molar-refractivity contribution in [3.8, 4) is 0 Å². The summed E-state index contributed by atoms with van der Waals surface area (Å²) in [6, 6.07) is 10.5. The van der Waals surface area contributed by atoms with E-state index in [0.29, 0.717) is 16.2 Å². The number of carbonyl (C=O) groups excluding carboxylic acids is 1. The van der Waals surface area contributed by atoms with Gasteiger partial charge in [-0.25, -0.2) is 13.4 Å². The molecule has 3 rings (SSSR count). The number of hydrogen-bond donors (Lipinski definition) is 1. The van der Waals surface area contributed by atoms with Crippen molar-refractivity contribution in [2.75, 3.05) is 11.1 Å². The highest BCUT2D eigenvalue weighted by atomic mass is 32.2. The number of non-ortho nitro benzene ring substituents is 1. The molecular formula is C17H15N3O5S2. The highest BCUT2D eigenvalue weighted by Crippen LogP contribution is 2.28. The zero-order valence-corrected chi connectivity index (χ0v) is 15.8. The summed E-state index contributed by atoms with van der Waals surface area (Å²) in [5.74, 6) is -0.294. The van der Waals surface area contributed by atoms with E-state index in [4.69, 9.17) is 0 Å². The minimum Gasteiger partial charge on any atom is -0.302 e. The molecular weight excluding hydrogens is 390 g/mol. The number of sulfone groups is 1.